The van der Waals surface area contributed by atoms with E-state index in [4.69, 9.17) is 0 Å². The number of rotatable bonds is 7. The average molecular weight is 408 g/mol. The standard InChI is InChI=1S/C24H33N5O/c1-19(28-15-5-6-16-28)11-14-25-24(30)21-12-17-29(18-13-21)23-10-9-22(26-27-23)20-7-3-2-4-8-20/h2-4,7-10,19,21H,5-6,11-18H2,1H3,(H,25,30)/t19-/m0/s1. The normalized spacial score (nSPS) is 19.0. The molecule has 1 aromatic heterocycles. The van der Waals surface area contributed by atoms with Crippen LogP contribution in [0.2, 0.25) is 0 Å². The molecule has 2 aliphatic rings. The Hall–Kier alpha value is -2.47. The summed E-state index contributed by atoms with van der Waals surface area (Å²) in [5, 5.41) is 12.0. The Labute approximate surface area is 179 Å². The third-order valence-electron chi connectivity index (χ3n) is 6.54. The lowest BCUT2D eigenvalue weighted by Gasteiger charge is -2.32. The first kappa shape index (κ1) is 20.8. The van der Waals surface area contributed by atoms with E-state index in [-0.39, 0.29) is 11.8 Å². The number of likely N-dealkylation sites (tertiary alicyclic amines) is 1. The van der Waals surface area contributed by atoms with Gasteiger partial charge in [0.2, 0.25) is 5.91 Å². The maximum absolute atomic E-state index is 12.6. The van der Waals surface area contributed by atoms with Crippen molar-refractivity contribution in [1.29, 1.82) is 0 Å². The lowest BCUT2D eigenvalue weighted by molar-refractivity contribution is -0.125. The SMILES string of the molecule is C[C@@H](CCNC(=O)C1CCN(c2ccc(-c3ccccc3)nn2)CC1)N1CCCC1. The van der Waals surface area contributed by atoms with E-state index in [9.17, 15) is 4.79 Å². The van der Waals surface area contributed by atoms with Gasteiger partial charge in [-0.1, -0.05) is 30.3 Å². The van der Waals surface area contributed by atoms with Gasteiger partial charge >= 0.3 is 0 Å². The van der Waals surface area contributed by atoms with E-state index in [0.717, 1.165) is 56.0 Å². The van der Waals surface area contributed by atoms with Gasteiger partial charge in [-0.25, -0.2) is 0 Å². The molecule has 2 fully saturated rings. The minimum absolute atomic E-state index is 0.111. The van der Waals surface area contributed by atoms with Crippen molar-refractivity contribution < 1.29 is 4.79 Å². The molecule has 0 radical (unpaired) electrons. The van der Waals surface area contributed by atoms with Crippen LogP contribution in [0.3, 0.4) is 0 Å². The molecule has 2 aromatic rings. The maximum Gasteiger partial charge on any atom is 0.223 e. The highest BCUT2D eigenvalue weighted by Crippen LogP contribution is 2.23. The summed E-state index contributed by atoms with van der Waals surface area (Å²) in [4.78, 5) is 17.3. The zero-order valence-electron chi connectivity index (χ0n) is 18.0. The number of benzene rings is 1. The van der Waals surface area contributed by atoms with Crippen molar-refractivity contribution >= 4 is 11.7 Å². The Bertz CT molecular complexity index is 796. The molecule has 1 atom stereocenters. The van der Waals surface area contributed by atoms with E-state index in [1.165, 1.54) is 25.9 Å². The summed E-state index contributed by atoms with van der Waals surface area (Å²) in [6, 6.07) is 14.7. The summed E-state index contributed by atoms with van der Waals surface area (Å²) in [6.07, 6.45) is 5.41. The first-order valence-corrected chi connectivity index (χ1v) is 11.4. The fourth-order valence-electron chi connectivity index (χ4n) is 4.54. The highest BCUT2D eigenvalue weighted by molar-refractivity contribution is 5.79. The molecule has 2 aliphatic heterocycles. The molecule has 0 aliphatic carbocycles. The van der Waals surface area contributed by atoms with Crippen LogP contribution in [-0.4, -0.2) is 59.8 Å². The van der Waals surface area contributed by atoms with Crippen molar-refractivity contribution in [2.75, 3.05) is 37.6 Å². The maximum atomic E-state index is 12.6. The molecule has 30 heavy (non-hydrogen) atoms. The van der Waals surface area contributed by atoms with Gasteiger partial charge in [0.1, 0.15) is 0 Å². The van der Waals surface area contributed by atoms with Crippen molar-refractivity contribution in [2.45, 2.75) is 45.1 Å². The predicted molar refractivity (Wildman–Crippen MR) is 120 cm³/mol. The Kier molecular flexibility index (Phi) is 6.95. The fraction of sp³-hybridized carbons (Fsp3) is 0.542. The molecule has 6 nitrogen and oxygen atoms in total. The van der Waals surface area contributed by atoms with Crippen LogP contribution in [-0.2, 0) is 4.79 Å². The van der Waals surface area contributed by atoms with E-state index in [1.54, 1.807) is 0 Å². The Morgan fingerprint density at radius 1 is 1.03 bits per heavy atom. The first-order chi connectivity index (χ1) is 14.7. The topological polar surface area (TPSA) is 61.4 Å². The lowest BCUT2D eigenvalue weighted by Crippen LogP contribution is -2.42. The molecule has 1 amide bonds. The summed E-state index contributed by atoms with van der Waals surface area (Å²) in [6.45, 7) is 7.18. The second-order valence-corrected chi connectivity index (χ2v) is 8.58. The number of carbonyl (C=O) groups excluding carboxylic acids is 1. The van der Waals surface area contributed by atoms with E-state index in [2.05, 4.69) is 32.2 Å². The van der Waals surface area contributed by atoms with Crippen molar-refractivity contribution in [3.63, 3.8) is 0 Å². The monoisotopic (exact) mass is 407 g/mol. The highest BCUT2D eigenvalue weighted by atomic mass is 16.1. The minimum atomic E-state index is 0.111. The zero-order chi connectivity index (χ0) is 20.8. The molecule has 1 aromatic carbocycles. The number of aromatic nitrogens is 2. The van der Waals surface area contributed by atoms with Crippen LogP contribution in [0.5, 0.6) is 0 Å². The number of hydrogen-bond acceptors (Lipinski definition) is 5. The lowest BCUT2D eigenvalue weighted by atomic mass is 9.96. The van der Waals surface area contributed by atoms with Crippen LogP contribution >= 0.6 is 0 Å². The summed E-state index contributed by atoms with van der Waals surface area (Å²) in [5.74, 6) is 1.22. The number of anilines is 1. The molecular weight excluding hydrogens is 374 g/mol. The van der Waals surface area contributed by atoms with Gasteiger partial charge in [0.25, 0.3) is 0 Å². The Morgan fingerprint density at radius 2 is 1.77 bits per heavy atom. The smallest absolute Gasteiger partial charge is 0.223 e. The van der Waals surface area contributed by atoms with E-state index in [1.807, 2.05) is 42.5 Å². The average Bonchev–Trinajstić information content (AvgIpc) is 3.35. The van der Waals surface area contributed by atoms with Crippen LogP contribution in [0.15, 0.2) is 42.5 Å². The van der Waals surface area contributed by atoms with Gasteiger partial charge in [-0.2, -0.15) is 0 Å². The van der Waals surface area contributed by atoms with Crippen LogP contribution in [0, 0.1) is 5.92 Å². The second kappa shape index (κ2) is 10.0. The molecule has 0 saturated carbocycles. The molecule has 0 bridgehead atoms. The van der Waals surface area contributed by atoms with Crippen LogP contribution in [0.1, 0.15) is 39.0 Å². The van der Waals surface area contributed by atoms with Gasteiger partial charge in [0, 0.05) is 37.2 Å². The first-order valence-electron chi connectivity index (χ1n) is 11.4. The molecular formula is C24H33N5O. The number of amides is 1. The molecule has 4 rings (SSSR count). The fourth-order valence-corrected chi connectivity index (χ4v) is 4.54. The van der Waals surface area contributed by atoms with Crippen molar-refractivity contribution in [1.82, 2.24) is 20.4 Å². The van der Waals surface area contributed by atoms with Crippen molar-refractivity contribution in [3.05, 3.63) is 42.5 Å². The quantitative estimate of drug-likeness (QED) is 0.763. The third-order valence-corrected chi connectivity index (χ3v) is 6.54. The van der Waals surface area contributed by atoms with Gasteiger partial charge in [0.15, 0.2) is 5.82 Å². The van der Waals surface area contributed by atoms with Gasteiger partial charge in [-0.15, -0.1) is 10.2 Å². The third kappa shape index (κ3) is 5.17. The van der Waals surface area contributed by atoms with Crippen LogP contribution in [0.4, 0.5) is 5.82 Å². The summed E-state index contributed by atoms with van der Waals surface area (Å²) >= 11 is 0. The zero-order valence-corrected chi connectivity index (χ0v) is 18.0. The van der Waals surface area contributed by atoms with Crippen LogP contribution < -0.4 is 10.2 Å². The molecule has 0 unspecified atom stereocenters. The van der Waals surface area contributed by atoms with Gasteiger partial charge in [-0.3, -0.25) is 4.79 Å². The number of nitrogens with zero attached hydrogens (tertiary/aromatic N) is 4. The van der Waals surface area contributed by atoms with Crippen molar-refractivity contribution in [2.24, 2.45) is 5.92 Å². The number of carbonyl (C=O) groups is 1. The minimum Gasteiger partial charge on any atom is -0.356 e. The van der Waals surface area contributed by atoms with Gasteiger partial charge in [-0.05, 0) is 64.3 Å². The predicted octanol–water partition coefficient (Wildman–Crippen LogP) is 3.35. The molecule has 0 spiro atoms. The second-order valence-electron chi connectivity index (χ2n) is 8.58. The summed E-state index contributed by atoms with van der Waals surface area (Å²) < 4.78 is 0. The molecule has 2 saturated heterocycles. The Balaban J connectivity index is 1.21. The molecule has 6 heteroatoms. The number of hydrogen-bond donors (Lipinski definition) is 1. The molecule has 160 valence electrons. The van der Waals surface area contributed by atoms with Gasteiger partial charge < -0.3 is 15.1 Å². The van der Waals surface area contributed by atoms with Crippen LogP contribution in [0.25, 0.3) is 11.3 Å². The summed E-state index contributed by atoms with van der Waals surface area (Å²) in [7, 11) is 0. The summed E-state index contributed by atoms with van der Waals surface area (Å²) in [5.41, 5.74) is 1.96. The number of piperidine rings is 1. The molecule has 1 N–H and O–H groups in total. The highest BCUT2D eigenvalue weighted by Gasteiger charge is 2.26. The van der Waals surface area contributed by atoms with E-state index < -0.39 is 0 Å². The molecule has 3 heterocycles. The van der Waals surface area contributed by atoms with Crippen molar-refractivity contribution in [3.8, 4) is 11.3 Å². The number of nitrogens with one attached hydrogen (secondary N) is 1. The largest absolute Gasteiger partial charge is 0.356 e. The van der Waals surface area contributed by atoms with Gasteiger partial charge in [0.05, 0.1) is 5.69 Å². The van der Waals surface area contributed by atoms with E-state index >= 15 is 0 Å². The Morgan fingerprint density at radius 3 is 2.43 bits per heavy atom. The van der Waals surface area contributed by atoms with E-state index in [0.29, 0.717) is 6.04 Å².